The molecule has 0 saturated heterocycles. The minimum Gasteiger partial charge on any atom is -0.378 e. The first-order valence-corrected chi connectivity index (χ1v) is 4.71. The van der Waals surface area contributed by atoms with Gasteiger partial charge in [-0.1, -0.05) is 6.07 Å². The number of benzene rings is 1. The summed E-state index contributed by atoms with van der Waals surface area (Å²) in [6, 6.07) is 10.1. The predicted octanol–water partition coefficient (Wildman–Crippen LogP) is 1.88. The lowest BCUT2D eigenvalue weighted by atomic mass is 10.0. The van der Waals surface area contributed by atoms with Gasteiger partial charge in [0.05, 0.1) is 25.0 Å². The van der Waals surface area contributed by atoms with Gasteiger partial charge in [0.1, 0.15) is 0 Å². The third kappa shape index (κ3) is 3.00. The number of nitriles is 2. The summed E-state index contributed by atoms with van der Waals surface area (Å²) in [4.78, 5) is 1.97. The predicted molar refractivity (Wildman–Crippen MR) is 59.4 cm³/mol. The Morgan fingerprint density at radius 1 is 1.00 bits per heavy atom. The van der Waals surface area contributed by atoms with Crippen LogP contribution in [0.1, 0.15) is 11.1 Å². The van der Waals surface area contributed by atoms with Crippen LogP contribution >= 0.6 is 0 Å². The Bertz CT molecular complexity index is 387. The van der Waals surface area contributed by atoms with E-state index in [1.165, 1.54) is 0 Å². The first-order valence-electron chi connectivity index (χ1n) is 4.71. The Morgan fingerprint density at radius 2 is 1.47 bits per heavy atom. The van der Waals surface area contributed by atoms with E-state index < -0.39 is 0 Å². The van der Waals surface area contributed by atoms with Gasteiger partial charge in [-0.3, -0.25) is 0 Å². The number of rotatable bonds is 3. The molecule has 0 radical (unpaired) electrons. The zero-order chi connectivity index (χ0) is 11.3. The highest BCUT2D eigenvalue weighted by atomic mass is 15.1. The standard InChI is InChI=1S/C12H13N3/c1-15(2)12-8-10(3-5-13)7-11(9-12)4-6-14/h7-9H,3-4H2,1-2H3. The molecular formula is C12H13N3. The molecule has 1 rings (SSSR count). The third-order valence-corrected chi connectivity index (χ3v) is 2.12. The summed E-state index contributed by atoms with van der Waals surface area (Å²) in [5.74, 6) is 0. The van der Waals surface area contributed by atoms with Crippen LogP contribution in [0.25, 0.3) is 0 Å². The van der Waals surface area contributed by atoms with E-state index in [0.717, 1.165) is 16.8 Å². The molecule has 0 aliphatic heterocycles. The van der Waals surface area contributed by atoms with Crippen LogP contribution in [0.15, 0.2) is 18.2 Å². The van der Waals surface area contributed by atoms with E-state index in [9.17, 15) is 0 Å². The number of anilines is 1. The van der Waals surface area contributed by atoms with Crippen molar-refractivity contribution in [1.29, 1.82) is 10.5 Å². The molecule has 0 unspecified atom stereocenters. The van der Waals surface area contributed by atoms with Gasteiger partial charge >= 0.3 is 0 Å². The average molecular weight is 199 g/mol. The molecule has 0 saturated carbocycles. The highest BCUT2D eigenvalue weighted by Crippen LogP contribution is 2.18. The van der Waals surface area contributed by atoms with E-state index in [4.69, 9.17) is 10.5 Å². The molecule has 0 N–H and O–H groups in total. The summed E-state index contributed by atoms with van der Waals surface area (Å²) >= 11 is 0. The van der Waals surface area contributed by atoms with Gasteiger partial charge in [-0.25, -0.2) is 0 Å². The van der Waals surface area contributed by atoms with Gasteiger partial charge in [0, 0.05) is 19.8 Å². The maximum absolute atomic E-state index is 8.64. The number of nitrogens with zero attached hydrogens (tertiary/aromatic N) is 3. The van der Waals surface area contributed by atoms with Crippen LogP contribution in [-0.2, 0) is 12.8 Å². The van der Waals surface area contributed by atoms with Gasteiger partial charge in [0.2, 0.25) is 0 Å². The van der Waals surface area contributed by atoms with Crippen LogP contribution in [0.5, 0.6) is 0 Å². The smallest absolute Gasteiger partial charge is 0.0669 e. The van der Waals surface area contributed by atoms with Crippen molar-refractivity contribution in [1.82, 2.24) is 0 Å². The molecular weight excluding hydrogens is 186 g/mol. The van der Waals surface area contributed by atoms with Gasteiger partial charge in [-0.05, 0) is 23.3 Å². The van der Waals surface area contributed by atoms with Crippen LogP contribution in [-0.4, -0.2) is 14.1 Å². The maximum Gasteiger partial charge on any atom is 0.0669 e. The highest BCUT2D eigenvalue weighted by molar-refractivity contribution is 5.51. The van der Waals surface area contributed by atoms with Crippen molar-refractivity contribution in [3.63, 3.8) is 0 Å². The fourth-order valence-electron chi connectivity index (χ4n) is 1.39. The molecule has 3 nitrogen and oxygen atoms in total. The summed E-state index contributed by atoms with van der Waals surface area (Å²) in [5, 5.41) is 17.3. The minimum absolute atomic E-state index is 0.389. The average Bonchev–Trinajstić information content (AvgIpc) is 2.18. The highest BCUT2D eigenvalue weighted by Gasteiger charge is 2.02. The minimum atomic E-state index is 0.389. The summed E-state index contributed by atoms with van der Waals surface area (Å²) in [7, 11) is 3.89. The van der Waals surface area contributed by atoms with Gasteiger partial charge in [-0.2, -0.15) is 10.5 Å². The summed E-state index contributed by atoms with van der Waals surface area (Å²) in [6.07, 6.45) is 0.778. The molecule has 1 aromatic rings. The van der Waals surface area contributed by atoms with Crippen molar-refractivity contribution < 1.29 is 0 Å². The van der Waals surface area contributed by atoms with Crippen molar-refractivity contribution in [3.8, 4) is 12.1 Å². The topological polar surface area (TPSA) is 50.8 Å². The molecule has 0 heterocycles. The molecule has 0 aliphatic carbocycles. The quantitative estimate of drug-likeness (QED) is 0.746. The zero-order valence-corrected chi connectivity index (χ0v) is 8.99. The fourth-order valence-corrected chi connectivity index (χ4v) is 1.39. The second-order valence-corrected chi connectivity index (χ2v) is 3.57. The van der Waals surface area contributed by atoms with Crippen molar-refractivity contribution >= 4 is 5.69 Å². The fraction of sp³-hybridized carbons (Fsp3) is 0.333. The molecule has 0 aliphatic rings. The Balaban J connectivity index is 3.10. The Kier molecular flexibility index (Phi) is 3.71. The summed E-state index contributed by atoms with van der Waals surface area (Å²) < 4.78 is 0. The largest absolute Gasteiger partial charge is 0.378 e. The summed E-state index contributed by atoms with van der Waals surface area (Å²) in [6.45, 7) is 0. The molecule has 0 spiro atoms. The number of hydrogen-bond donors (Lipinski definition) is 0. The van der Waals surface area contributed by atoms with Gasteiger partial charge in [0.25, 0.3) is 0 Å². The molecule has 76 valence electrons. The maximum atomic E-state index is 8.64. The second-order valence-electron chi connectivity index (χ2n) is 3.57. The van der Waals surface area contributed by atoms with Gasteiger partial charge < -0.3 is 4.90 Å². The third-order valence-electron chi connectivity index (χ3n) is 2.12. The van der Waals surface area contributed by atoms with Crippen molar-refractivity contribution in [2.45, 2.75) is 12.8 Å². The molecule has 0 amide bonds. The lowest BCUT2D eigenvalue weighted by molar-refractivity contribution is 1.10. The van der Waals surface area contributed by atoms with Crippen LogP contribution in [0.2, 0.25) is 0 Å². The Labute approximate surface area is 90.2 Å². The van der Waals surface area contributed by atoms with E-state index in [2.05, 4.69) is 12.1 Å². The molecule has 3 heteroatoms. The zero-order valence-electron chi connectivity index (χ0n) is 8.99. The first-order chi connectivity index (χ1) is 7.17. The monoisotopic (exact) mass is 199 g/mol. The van der Waals surface area contributed by atoms with Crippen molar-refractivity contribution in [2.75, 3.05) is 19.0 Å². The normalized spacial score (nSPS) is 9.07. The van der Waals surface area contributed by atoms with Crippen LogP contribution in [0, 0.1) is 22.7 Å². The second kappa shape index (κ2) is 5.02. The number of hydrogen-bond acceptors (Lipinski definition) is 3. The van der Waals surface area contributed by atoms with E-state index in [-0.39, 0.29) is 0 Å². The molecule has 0 aromatic heterocycles. The van der Waals surface area contributed by atoms with Crippen LogP contribution in [0.3, 0.4) is 0 Å². The van der Waals surface area contributed by atoms with Crippen molar-refractivity contribution in [2.24, 2.45) is 0 Å². The van der Waals surface area contributed by atoms with E-state index >= 15 is 0 Å². The van der Waals surface area contributed by atoms with Crippen molar-refractivity contribution in [3.05, 3.63) is 29.3 Å². The van der Waals surface area contributed by atoms with Crippen LogP contribution < -0.4 is 4.90 Å². The molecule has 0 bridgehead atoms. The molecule has 0 fully saturated rings. The van der Waals surface area contributed by atoms with Crippen LogP contribution in [0.4, 0.5) is 5.69 Å². The SMILES string of the molecule is CN(C)c1cc(CC#N)cc(CC#N)c1. The van der Waals surface area contributed by atoms with Gasteiger partial charge in [0.15, 0.2) is 0 Å². The van der Waals surface area contributed by atoms with Gasteiger partial charge in [-0.15, -0.1) is 0 Å². The Morgan fingerprint density at radius 3 is 1.80 bits per heavy atom. The molecule has 0 atom stereocenters. The van der Waals surface area contributed by atoms with E-state index in [1.54, 1.807) is 0 Å². The van der Waals surface area contributed by atoms with E-state index in [0.29, 0.717) is 12.8 Å². The Hall–Kier alpha value is -2.00. The lowest BCUT2D eigenvalue weighted by Gasteiger charge is -2.14. The molecule has 15 heavy (non-hydrogen) atoms. The first kappa shape index (κ1) is 11.1. The lowest BCUT2D eigenvalue weighted by Crippen LogP contribution is -2.09. The van der Waals surface area contributed by atoms with E-state index in [1.807, 2.05) is 37.2 Å². The molecule has 1 aromatic carbocycles. The summed E-state index contributed by atoms with van der Waals surface area (Å²) in [5.41, 5.74) is 2.97.